The summed E-state index contributed by atoms with van der Waals surface area (Å²) in [4.78, 5) is 18.1. The number of hydrogen-bond acceptors (Lipinski definition) is 2. The van der Waals surface area contributed by atoms with E-state index in [0.29, 0.717) is 22.3 Å². The van der Waals surface area contributed by atoms with Gasteiger partial charge >= 0.3 is 5.69 Å². The highest BCUT2D eigenvalue weighted by molar-refractivity contribution is 6.32. The molecule has 0 atom stereocenters. The molecule has 0 N–H and O–H groups in total. The first-order chi connectivity index (χ1) is 14.1. The molecule has 4 aromatic rings. The summed E-state index contributed by atoms with van der Waals surface area (Å²) in [5.41, 5.74) is 2.96. The lowest BCUT2D eigenvalue weighted by molar-refractivity contribution is 0.564. The van der Waals surface area contributed by atoms with Crippen molar-refractivity contribution in [3.05, 3.63) is 69.2 Å². The normalized spacial score (nSPS) is 11.6. The van der Waals surface area contributed by atoms with Gasteiger partial charge in [0.05, 0.1) is 33.5 Å². The van der Waals surface area contributed by atoms with Crippen LogP contribution in [0.25, 0.3) is 27.6 Å². The molecule has 0 aliphatic carbocycles. The lowest BCUT2D eigenvalue weighted by atomic mass is 10.1. The second-order valence-electron chi connectivity index (χ2n) is 7.29. The van der Waals surface area contributed by atoms with Gasteiger partial charge in [0.25, 0.3) is 0 Å². The van der Waals surface area contributed by atoms with E-state index in [1.165, 1.54) is 19.3 Å². The quantitative estimate of drug-likeness (QED) is 0.311. The third-order valence-electron chi connectivity index (χ3n) is 5.30. The van der Waals surface area contributed by atoms with Gasteiger partial charge in [0.1, 0.15) is 0 Å². The summed E-state index contributed by atoms with van der Waals surface area (Å²) in [6, 6.07) is 13.0. The van der Waals surface area contributed by atoms with Gasteiger partial charge in [0.2, 0.25) is 0 Å². The van der Waals surface area contributed by atoms with Gasteiger partial charge < -0.3 is 0 Å². The predicted octanol–water partition coefficient (Wildman–Crippen LogP) is 6.62. The Labute approximate surface area is 179 Å². The molecule has 0 fully saturated rings. The van der Waals surface area contributed by atoms with Crippen LogP contribution < -0.4 is 5.69 Å². The van der Waals surface area contributed by atoms with E-state index in [2.05, 4.69) is 11.9 Å². The fourth-order valence-electron chi connectivity index (χ4n) is 3.84. The minimum absolute atomic E-state index is 0.0992. The first-order valence-electron chi connectivity index (χ1n) is 10.1. The number of para-hydroxylation sites is 1. The number of halogens is 2. The Hall–Kier alpha value is -2.30. The average Bonchev–Trinajstić information content (AvgIpc) is 3.00. The number of fused-ring (bicyclic) bond motifs is 3. The van der Waals surface area contributed by atoms with Gasteiger partial charge in [-0.05, 0) is 36.8 Å². The molecule has 0 saturated carbocycles. The molecular formula is C23H23Cl2N3O. The summed E-state index contributed by atoms with van der Waals surface area (Å²) in [6.45, 7) is 2.86. The van der Waals surface area contributed by atoms with Crippen molar-refractivity contribution < 1.29 is 0 Å². The minimum Gasteiger partial charge on any atom is -0.290 e. The Kier molecular flexibility index (Phi) is 5.93. The number of hydrogen-bond donors (Lipinski definition) is 0. The number of unbranched alkanes of at least 4 members (excludes halogenated alkanes) is 4. The molecule has 0 unspecified atom stereocenters. The molecule has 0 amide bonds. The van der Waals surface area contributed by atoms with E-state index in [9.17, 15) is 4.79 Å². The molecule has 4 nitrogen and oxygen atoms in total. The van der Waals surface area contributed by atoms with Gasteiger partial charge in [-0.3, -0.25) is 14.1 Å². The van der Waals surface area contributed by atoms with Crippen molar-refractivity contribution in [2.75, 3.05) is 0 Å². The summed E-state index contributed by atoms with van der Waals surface area (Å²) in [5.74, 6) is 0. The Morgan fingerprint density at radius 2 is 1.79 bits per heavy atom. The summed E-state index contributed by atoms with van der Waals surface area (Å²) >= 11 is 12.8. The molecule has 0 bridgehead atoms. The lowest BCUT2D eigenvalue weighted by Gasteiger charge is -2.07. The van der Waals surface area contributed by atoms with Gasteiger partial charge in [-0.1, -0.05) is 67.9 Å². The third-order valence-corrected chi connectivity index (χ3v) is 5.85. The zero-order chi connectivity index (χ0) is 20.4. The number of aryl methyl sites for hydroxylation is 1. The summed E-state index contributed by atoms with van der Waals surface area (Å²) < 4.78 is 3.52. The Balaban J connectivity index is 1.94. The monoisotopic (exact) mass is 427 g/mol. The lowest BCUT2D eigenvalue weighted by Crippen LogP contribution is -2.23. The molecule has 0 saturated heterocycles. The van der Waals surface area contributed by atoms with E-state index in [4.69, 9.17) is 23.2 Å². The van der Waals surface area contributed by atoms with Gasteiger partial charge in [-0.2, -0.15) is 0 Å². The fourth-order valence-corrected chi connectivity index (χ4v) is 4.23. The summed E-state index contributed by atoms with van der Waals surface area (Å²) in [5, 5.41) is 1.98. The van der Waals surface area contributed by atoms with Crippen molar-refractivity contribution in [1.82, 2.24) is 14.1 Å². The second-order valence-corrected chi connectivity index (χ2v) is 8.13. The second kappa shape index (κ2) is 8.60. The molecule has 29 heavy (non-hydrogen) atoms. The van der Waals surface area contributed by atoms with E-state index in [0.717, 1.165) is 34.8 Å². The molecule has 0 radical (unpaired) electrons. The van der Waals surface area contributed by atoms with Crippen LogP contribution in [0, 0.1) is 0 Å². The van der Waals surface area contributed by atoms with Gasteiger partial charge in [-0.25, -0.2) is 4.79 Å². The number of benzene rings is 2. The van der Waals surface area contributed by atoms with E-state index in [1.807, 2.05) is 41.0 Å². The maximum absolute atomic E-state index is 13.5. The highest BCUT2D eigenvalue weighted by Gasteiger charge is 2.19. The molecule has 0 spiro atoms. The maximum atomic E-state index is 13.5. The summed E-state index contributed by atoms with van der Waals surface area (Å²) in [7, 11) is 0. The Morgan fingerprint density at radius 1 is 1.00 bits per heavy atom. The van der Waals surface area contributed by atoms with E-state index in [-0.39, 0.29) is 5.69 Å². The first-order valence-corrected chi connectivity index (χ1v) is 10.8. The topological polar surface area (TPSA) is 39.8 Å². The Morgan fingerprint density at radius 3 is 2.59 bits per heavy atom. The molecular weight excluding hydrogens is 405 g/mol. The number of pyridine rings is 1. The van der Waals surface area contributed by atoms with Crippen LogP contribution in [-0.2, 0) is 6.54 Å². The number of nitrogens with zero attached hydrogens (tertiary/aromatic N) is 3. The van der Waals surface area contributed by atoms with Crippen LogP contribution in [0.2, 0.25) is 10.0 Å². The average molecular weight is 428 g/mol. The van der Waals surface area contributed by atoms with Crippen LogP contribution in [-0.4, -0.2) is 14.1 Å². The predicted molar refractivity (Wildman–Crippen MR) is 122 cm³/mol. The van der Waals surface area contributed by atoms with Gasteiger partial charge in [-0.15, -0.1) is 0 Å². The zero-order valence-corrected chi connectivity index (χ0v) is 17.9. The number of imidazole rings is 1. The SMILES string of the molecule is CCCCCCCn1c(=O)n(-c2ccccc2Cl)c2c3cc(Cl)ccc3ncc21. The van der Waals surface area contributed by atoms with Crippen LogP contribution in [0.15, 0.2) is 53.5 Å². The molecule has 150 valence electrons. The van der Waals surface area contributed by atoms with Crippen molar-refractivity contribution in [2.24, 2.45) is 0 Å². The van der Waals surface area contributed by atoms with Gasteiger partial charge in [0, 0.05) is 17.0 Å². The van der Waals surface area contributed by atoms with Crippen LogP contribution >= 0.6 is 23.2 Å². The standard InChI is InChI=1S/C23H23Cl2N3O/c1-2-3-4-5-8-13-27-21-15-26-19-12-11-16(24)14-17(19)22(21)28(23(27)29)20-10-7-6-9-18(20)25/h6-7,9-12,14-15H,2-5,8,13H2,1H3. The molecule has 2 aromatic heterocycles. The highest BCUT2D eigenvalue weighted by Crippen LogP contribution is 2.30. The number of rotatable bonds is 7. The molecule has 0 aliphatic heterocycles. The van der Waals surface area contributed by atoms with Crippen LogP contribution in [0.1, 0.15) is 39.0 Å². The van der Waals surface area contributed by atoms with E-state index < -0.39 is 0 Å². The highest BCUT2D eigenvalue weighted by atomic mass is 35.5. The van der Waals surface area contributed by atoms with Crippen LogP contribution in [0.4, 0.5) is 0 Å². The van der Waals surface area contributed by atoms with Crippen molar-refractivity contribution in [2.45, 2.75) is 45.6 Å². The number of aromatic nitrogens is 3. The molecule has 2 aromatic carbocycles. The van der Waals surface area contributed by atoms with Crippen molar-refractivity contribution in [1.29, 1.82) is 0 Å². The molecule has 2 heterocycles. The molecule has 6 heteroatoms. The first kappa shape index (κ1) is 20.0. The van der Waals surface area contributed by atoms with Crippen molar-refractivity contribution in [3.63, 3.8) is 0 Å². The fraction of sp³-hybridized carbons (Fsp3) is 0.304. The van der Waals surface area contributed by atoms with E-state index >= 15 is 0 Å². The zero-order valence-electron chi connectivity index (χ0n) is 16.4. The largest absolute Gasteiger partial charge is 0.333 e. The van der Waals surface area contributed by atoms with E-state index in [1.54, 1.807) is 16.8 Å². The van der Waals surface area contributed by atoms with Crippen LogP contribution in [0.5, 0.6) is 0 Å². The van der Waals surface area contributed by atoms with Gasteiger partial charge in [0.15, 0.2) is 0 Å². The molecule has 4 rings (SSSR count). The smallest absolute Gasteiger partial charge is 0.290 e. The van der Waals surface area contributed by atoms with Crippen molar-refractivity contribution in [3.8, 4) is 5.69 Å². The van der Waals surface area contributed by atoms with Crippen LogP contribution in [0.3, 0.4) is 0 Å². The summed E-state index contributed by atoms with van der Waals surface area (Å²) in [6.07, 6.45) is 7.45. The maximum Gasteiger partial charge on any atom is 0.333 e. The third kappa shape index (κ3) is 3.79. The molecule has 0 aliphatic rings. The Bertz CT molecular complexity index is 1230. The van der Waals surface area contributed by atoms with Crippen molar-refractivity contribution >= 4 is 45.1 Å². The minimum atomic E-state index is -0.0992.